The maximum Gasteiger partial charge on any atom is 0.241 e. The van der Waals surface area contributed by atoms with Crippen LogP contribution < -0.4 is 14.4 Å². The van der Waals surface area contributed by atoms with E-state index in [1.54, 1.807) is 31.3 Å². The minimum Gasteiger partial charge on any atom is -0.497 e. The number of hydrogen-bond acceptors (Lipinski definition) is 6. The average Bonchev–Trinajstić information content (AvgIpc) is 3.07. The highest BCUT2D eigenvalue weighted by Crippen LogP contribution is 2.32. The van der Waals surface area contributed by atoms with Crippen LogP contribution in [-0.2, 0) is 21.1 Å². The van der Waals surface area contributed by atoms with E-state index in [9.17, 15) is 13.2 Å². The van der Waals surface area contributed by atoms with E-state index < -0.39 is 9.84 Å². The van der Waals surface area contributed by atoms with Crippen molar-refractivity contribution in [3.63, 3.8) is 0 Å². The Morgan fingerprint density at radius 2 is 1.67 bits per heavy atom. The summed E-state index contributed by atoms with van der Waals surface area (Å²) in [5.74, 6) is 1.47. The second-order valence-corrected chi connectivity index (χ2v) is 9.90. The molecule has 160 valence electrons. The number of carbonyl (C=O) groups is 1. The van der Waals surface area contributed by atoms with Gasteiger partial charge >= 0.3 is 0 Å². The molecular weight excluding hydrogens is 404 g/mol. The van der Waals surface area contributed by atoms with E-state index in [2.05, 4.69) is 0 Å². The molecule has 2 fully saturated rings. The first kappa shape index (κ1) is 20.7. The summed E-state index contributed by atoms with van der Waals surface area (Å²) < 4.78 is 35.4. The largest absolute Gasteiger partial charge is 0.497 e. The molecule has 2 saturated heterocycles. The average molecular weight is 431 g/mol. The third-order valence-corrected chi connectivity index (χ3v) is 7.57. The topological polar surface area (TPSA) is 76.2 Å². The lowest BCUT2D eigenvalue weighted by atomic mass is 10.0. The monoisotopic (exact) mass is 430 g/mol. The van der Waals surface area contributed by atoms with Crippen molar-refractivity contribution in [2.75, 3.05) is 43.7 Å². The van der Waals surface area contributed by atoms with Gasteiger partial charge in [-0.05, 0) is 48.4 Å². The van der Waals surface area contributed by atoms with Crippen LogP contribution in [0.15, 0.2) is 48.5 Å². The van der Waals surface area contributed by atoms with Gasteiger partial charge in [0.2, 0.25) is 5.91 Å². The van der Waals surface area contributed by atoms with Crippen molar-refractivity contribution in [1.29, 1.82) is 0 Å². The van der Waals surface area contributed by atoms with Crippen molar-refractivity contribution >= 4 is 21.4 Å². The van der Waals surface area contributed by atoms with Gasteiger partial charge in [-0.1, -0.05) is 12.1 Å². The summed E-state index contributed by atoms with van der Waals surface area (Å²) in [4.78, 5) is 16.8. The summed E-state index contributed by atoms with van der Waals surface area (Å²) in [6.07, 6.45) is 0.719. The highest BCUT2D eigenvalue weighted by atomic mass is 32.2. The first-order valence-corrected chi connectivity index (χ1v) is 11.8. The molecule has 2 aromatic rings. The molecule has 0 bridgehead atoms. The van der Waals surface area contributed by atoms with Crippen LogP contribution in [0.5, 0.6) is 11.5 Å². The molecule has 30 heavy (non-hydrogen) atoms. The molecule has 0 aromatic heterocycles. The molecule has 2 aromatic carbocycles. The smallest absolute Gasteiger partial charge is 0.241 e. The zero-order valence-corrected chi connectivity index (χ0v) is 18.0. The lowest BCUT2D eigenvalue weighted by molar-refractivity contribution is -0.123. The maximum absolute atomic E-state index is 13.1. The summed E-state index contributed by atoms with van der Waals surface area (Å²) in [6, 6.07) is 14.4. The van der Waals surface area contributed by atoms with E-state index in [1.807, 2.05) is 41.3 Å². The molecule has 7 nitrogen and oxygen atoms in total. The molecule has 2 unspecified atom stereocenters. The first-order chi connectivity index (χ1) is 14.4. The lowest BCUT2D eigenvalue weighted by Gasteiger charge is -2.43. The Labute approximate surface area is 177 Å². The molecule has 8 heteroatoms. The van der Waals surface area contributed by atoms with E-state index in [1.165, 1.54) is 0 Å². The van der Waals surface area contributed by atoms with Crippen molar-refractivity contribution in [3.8, 4) is 11.5 Å². The van der Waals surface area contributed by atoms with Gasteiger partial charge in [-0.3, -0.25) is 9.69 Å². The number of rotatable bonds is 6. The number of hydrogen-bond donors (Lipinski definition) is 0. The number of benzene rings is 2. The molecule has 0 saturated carbocycles. The minimum atomic E-state index is -3.21. The fourth-order valence-electron chi connectivity index (χ4n) is 4.38. The summed E-state index contributed by atoms with van der Waals surface area (Å²) >= 11 is 0. The molecule has 2 atom stereocenters. The van der Waals surface area contributed by atoms with Gasteiger partial charge in [-0.15, -0.1) is 0 Å². The number of piperazine rings is 1. The van der Waals surface area contributed by atoms with E-state index in [0.717, 1.165) is 17.7 Å². The number of carbonyl (C=O) groups excluding carboxylic acids is 1. The molecule has 0 N–H and O–H groups in total. The van der Waals surface area contributed by atoms with E-state index in [4.69, 9.17) is 9.47 Å². The van der Waals surface area contributed by atoms with Crippen LogP contribution in [0.1, 0.15) is 5.56 Å². The summed E-state index contributed by atoms with van der Waals surface area (Å²) in [7, 11) is 0.000489. The van der Waals surface area contributed by atoms with Gasteiger partial charge in [-0.2, -0.15) is 0 Å². The Morgan fingerprint density at radius 3 is 2.37 bits per heavy atom. The second-order valence-electron chi connectivity index (χ2n) is 7.75. The molecule has 2 heterocycles. The molecule has 1 amide bonds. The minimum absolute atomic E-state index is 0.00883. The van der Waals surface area contributed by atoms with Crippen LogP contribution in [0.4, 0.5) is 5.69 Å². The maximum atomic E-state index is 13.1. The Morgan fingerprint density at radius 1 is 0.967 bits per heavy atom. The molecular formula is C22H26N2O5S. The van der Waals surface area contributed by atoms with Crippen LogP contribution in [0.2, 0.25) is 0 Å². The summed E-state index contributed by atoms with van der Waals surface area (Å²) in [6.45, 7) is 0.818. The van der Waals surface area contributed by atoms with Crippen molar-refractivity contribution in [2.24, 2.45) is 0 Å². The van der Waals surface area contributed by atoms with Gasteiger partial charge in [0.25, 0.3) is 0 Å². The van der Waals surface area contributed by atoms with Crippen molar-refractivity contribution in [1.82, 2.24) is 4.90 Å². The quantitative estimate of drug-likeness (QED) is 0.695. The van der Waals surface area contributed by atoms with Crippen molar-refractivity contribution in [2.45, 2.75) is 18.5 Å². The third-order valence-electron chi connectivity index (χ3n) is 5.87. The normalized spacial score (nSPS) is 23.3. The second kappa shape index (κ2) is 8.28. The predicted molar refractivity (Wildman–Crippen MR) is 115 cm³/mol. The Balaban J connectivity index is 1.56. The fourth-order valence-corrected chi connectivity index (χ4v) is 6.36. The highest BCUT2D eigenvalue weighted by molar-refractivity contribution is 7.91. The van der Waals surface area contributed by atoms with Gasteiger partial charge in [0.15, 0.2) is 9.84 Å². The van der Waals surface area contributed by atoms with Gasteiger partial charge in [0.05, 0.1) is 38.3 Å². The molecule has 2 aliphatic rings. The number of fused-ring (bicyclic) bond motifs is 1. The van der Waals surface area contributed by atoms with Crippen LogP contribution in [-0.4, -0.2) is 70.1 Å². The Bertz CT molecular complexity index is 1020. The Hall–Kier alpha value is -2.58. The molecule has 0 spiro atoms. The van der Waals surface area contributed by atoms with Gasteiger partial charge in [0.1, 0.15) is 11.5 Å². The number of nitrogens with zero attached hydrogens (tertiary/aromatic N) is 2. The van der Waals surface area contributed by atoms with Crippen LogP contribution in [0.25, 0.3) is 0 Å². The van der Waals surface area contributed by atoms with Crippen LogP contribution in [0.3, 0.4) is 0 Å². The molecule has 4 rings (SSSR count). The van der Waals surface area contributed by atoms with E-state index >= 15 is 0 Å². The number of anilines is 1. The van der Waals surface area contributed by atoms with Crippen molar-refractivity contribution in [3.05, 3.63) is 54.1 Å². The molecule has 0 radical (unpaired) electrons. The molecule has 2 aliphatic heterocycles. The first-order valence-electron chi connectivity index (χ1n) is 9.94. The number of sulfone groups is 1. The SMILES string of the molecule is COc1ccc(N2C(=O)CN(CCc3cccc(OC)c3)C3CS(=O)(=O)CC32)cc1. The zero-order chi connectivity index (χ0) is 21.3. The van der Waals surface area contributed by atoms with Crippen LogP contribution >= 0.6 is 0 Å². The van der Waals surface area contributed by atoms with E-state index in [-0.39, 0.29) is 36.0 Å². The molecule has 0 aliphatic carbocycles. The number of ether oxygens (including phenoxy) is 2. The fraction of sp³-hybridized carbons (Fsp3) is 0.409. The predicted octanol–water partition coefficient (Wildman–Crippen LogP) is 1.76. The third kappa shape index (κ3) is 4.15. The van der Waals surface area contributed by atoms with E-state index in [0.29, 0.717) is 18.0 Å². The van der Waals surface area contributed by atoms with Crippen molar-refractivity contribution < 1.29 is 22.7 Å². The van der Waals surface area contributed by atoms with Gasteiger partial charge in [-0.25, -0.2) is 8.42 Å². The lowest BCUT2D eigenvalue weighted by Crippen LogP contribution is -2.62. The van der Waals surface area contributed by atoms with Gasteiger partial charge in [0, 0.05) is 18.3 Å². The Kier molecular flexibility index (Phi) is 5.71. The summed E-state index contributed by atoms with van der Waals surface area (Å²) in [5, 5.41) is 0. The van der Waals surface area contributed by atoms with Gasteiger partial charge < -0.3 is 14.4 Å². The highest BCUT2D eigenvalue weighted by Gasteiger charge is 2.49. The zero-order valence-electron chi connectivity index (χ0n) is 17.2. The number of methoxy groups -OCH3 is 2. The summed E-state index contributed by atoms with van der Waals surface area (Å²) in [5.41, 5.74) is 1.80. The van der Waals surface area contributed by atoms with Crippen LogP contribution in [0, 0.1) is 0 Å². The standard InChI is InChI=1S/C22H26N2O5S/c1-28-18-8-6-17(7-9-18)24-21-15-30(26,27)14-20(21)23(13-22(24)25)11-10-16-4-3-5-19(12-16)29-2/h3-9,12,20-21H,10-11,13-15H2,1-2H3. The number of amides is 1.